The number of carbonyl (C=O) groups excluding carboxylic acids is 1. The third kappa shape index (κ3) is 2.86. The topological polar surface area (TPSA) is 66.8 Å². The number of methoxy groups -OCH3 is 1. The number of rotatable bonds is 3. The molecule has 0 atom stereocenters. The SMILES string of the molecule is COc1ccccc1C(=O)N1CCC(C(=O)O)CC1. The number of piperidine rings is 1. The highest BCUT2D eigenvalue weighted by Gasteiger charge is 2.28. The van der Waals surface area contributed by atoms with Crippen LogP contribution in [0.4, 0.5) is 0 Å². The van der Waals surface area contributed by atoms with E-state index in [-0.39, 0.29) is 11.8 Å². The number of nitrogens with zero attached hydrogens (tertiary/aromatic N) is 1. The molecule has 0 bridgehead atoms. The van der Waals surface area contributed by atoms with E-state index in [2.05, 4.69) is 0 Å². The summed E-state index contributed by atoms with van der Waals surface area (Å²) in [5.74, 6) is -0.653. The van der Waals surface area contributed by atoms with Crippen molar-refractivity contribution >= 4 is 11.9 Å². The van der Waals surface area contributed by atoms with E-state index in [9.17, 15) is 9.59 Å². The zero-order valence-corrected chi connectivity index (χ0v) is 10.8. The van der Waals surface area contributed by atoms with Crippen molar-refractivity contribution in [3.05, 3.63) is 29.8 Å². The highest BCUT2D eigenvalue weighted by molar-refractivity contribution is 5.97. The van der Waals surface area contributed by atoms with Crippen molar-refractivity contribution in [2.75, 3.05) is 20.2 Å². The van der Waals surface area contributed by atoms with Gasteiger partial charge in [-0.25, -0.2) is 0 Å². The molecule has 1 aliphatic heterocycles. The van der Waals surface area contributed by atoms with E-state index in [4.69, 9.17) is 9.84 Å². The molecule has 1 heterocycles. The van der Waals surface area contributed by atoms with Gasteiger partial charge in [0.25, 0.3) is 5.91 Å². The van der Waals surface area contributed by atoms with Crippen LogP contribution in [0.25, 0.3) is 0 Å². The maximum atomic E-state index is 12.4. The first kappa shape index (κ1) is 13.4. The van der Waals surface area contributed by atoms with Gasteiger partial charge in [-0.3, -0.25) is 9.59 Å². The number of aliphatic carboxylic acids is 1. The van der Waals surface area contributed by atoms with Crippen molar-refractivity contribution < 1.29 is 19.4 Å². The summed E-state index contributed by atoms with van der Waals surface area (Å²) in [6.45, 7) is 0.960. The molecule has 0 aliphatic carbocycles. The first-order valence-corrected chi connectivity index (χ1v) is 6.28. The van der Waals surface area contributed by atoms with Gasteiger partial charge in [-0.2, -0.15) is 0 Å². The van der Waals surface area contributed by atoms with Crippen LogP contribution in [0.15, 0.2) is 24.3 Å². The molecule has 1 aromatic rings. The summed E-state index contributed by atoms with van der Waals surface area (Å²) in [5.41, 5.74) is 0.527. The Balaban J connectivity index is 2.07. The smallest absolute Gasteiger partial charge is 0.306 e. The summed E-state index contributed by atoms with van der Waals surface area (Å²) < 4.78 is 5.18. The summed E-state index contributed by atoms with van der Waals surface area (Å²) in [6.07, 6.45) is 1.02. The van der Waals surface area contributed by atoms with E-state index >= 15 is 0 Å². The molecule has 1 aromatic carbocycles. The second-order valence-corrected chi connectivity index (χ2v) is 4.60. The summed E-state index contributed by atoms with van der Waals surface area (Å²) in [7, 11) is 1.53. The van der Waals surface area contributed by atoms with Crippen LogP contribution < -0.4 is 4.74 Å². The number of likely N-dealkylation sites (tertiary alicyclic amines) is 1. The summed E-state index contributed by atoms with van der Waals surface area (Å²) in [5, 5.41) is 8.94. The lowest BCUT2D eigenvalue weighted by atomic mass is 9.96. The normalized spacial score (nSPS) is 16.2. The fourth-order valence-electron chi connectivity index (χ4n) is 2.32. The molecule has 0 saturated carbocycles. The number of carboxylic acid groups (broad SMARTS) is 1. The molecule has 2 rings (SSSR count). The van der Waals surface area contributed by atoms with Crippen LogP contribution in [0.5, 0.6) is 5.75 Å². The first-order valence-electron chi connectivity index (χ1n) is 6.28. The Morgan fingerprint density at radius 2 is 1.89 bits per heavy atom. The molecule has 0 radical (unpaired) electrons. The van der Waals surface area contributed by atoms with Crippen LogP contribution in [0.3, 0.4) is 0 Å². The molecule has 1 saturated heterocycles. The monoisotopic (exact) mass is 263 g/mol. The number of hydrogen-bond donors (Lipinski definition) is 1. The molecular formula is C14H17NO4. The van der Waals surface area contributed by atoms with Crippen molar-refractivity contribution in [2.24, 2.45) is 5.92 Å². The Labute approximate surface area is 111 Å². The van der Waals surface area contributed by atoms with Gasteiger partial charge in [-0.05, 0) is 25.0 Å². The van der Waals surface area contributed by atoms with Crippen LogP contribution in [-0.4, -0.2) is 42.1 Å². The minimum Gasteiger partial charge on any atom is -0.496 e. The van der Waals surface area contributed by atoms with E-state index in [1.807, 2.05) is 6.07 Å². The molecular weight excluding hydrogens is 246 g/mol. The maximum Gasteiger partial charge on any atom is 0.306 e. The van der Waals surface area contributed by atoms with E-state index in [1.54, 1.807) is 23.1 Å². The summed E-state index contributed by atoms with van der Waals surface area (Å²) in [6, 6.07) is 7.08. The van der Waals surface area contributed by atoms with Crippen molar-refractivity contribution in [1.29, 1.82) is 0 Å². The van der Waals surface area contributed by atoms with Crippen molar-refractivity contribution in [3.63, 3.8) is 0 Å². The Hall–Kier alpha value is -2.04. The maximum absolute atomic E-state index is 12.4. The van der Waals surface area contributed by atoms with Gasteiger partial charge in [0.2, 0.25) is 0 Å². The van der Waals surface area contributed by atoms with E-state index in [0.717, 1.165) is 0 Å². The van der Waals surface area contributed by atoms with Crippen LogP contribution in [0.2, 0.25) is 0 Å². The molecule has 5 nitrogen and oxygen atoms in total. The molecule has 1 fully saturated rings. The van der Waals surface area contributed by atoms with Crippen molar-refractivity contribution in [2.45, 2.75) is 12.8 Å². The summed E-state index contributed by atoms with van der Waals surface area (Å²) >= 11 is 0. The number of hydrogen-bond acceptors (Lipinski definition) is 3. The van der Waals surface area contributed by atoms with Gasteiger partial charge >= 0.3 is 5.97 Å². The van der Waals surface area contributed by atoms with Crippen molar-refractivity contribution in [3.8, 4) is 5.75 Å². The predicted octanol–water partition coefficient (Wildman–Crippen LogP) is 1.63. The van der Waals surface area contributed by atoms with Gasteiger partial charge in [-0.1, -0.05) is 12.1 Å². The van der Waals surface area contributed by atoms with Gasteiger partial charge in [0.15, 0.2) is 0 Å². The van der Waals surface area contributed by atoms with E-state index < -0.39 is 5.97 Å². The average Bonchev–Trinajstić information content (AvgIpc) is 2.46. The number of ether oxygens (including phenoxy) is 1. The Morgan fingerprint density at radius 1 is 1.26 bits per heavy atom. The molecule has 1 amide bonds. The fraction of sp³-hybridized carbons (Fsp3) is 0.429. The minimum absolute atomic E-state index is 0.0960. The lowest BCUT2D eigenvalue weighted by Crippen LogP contribution is -2.40. The fourth-order valence-corrected chi connectivity index (χ4v) is 2.32. The van der Waals surface area contributed by atoms with Gasteiger partial charge in [0.1, 0.15) is 5.75 Å². The average molecular weight is 263 g/mol. The molecule has 1 N–H and O–H groups in total. The Bertz CT molecular complexity index is 478. The third-order valence-corrected chi connectivity index (χ3v) is 3.47. The van der Waals surface area contributed by atoms with Crippen LogP contribution in [-0.2, 0) is 4.79 Å². The van der Waals surface area contributed by atoms with E-state index in [0.29, 0.717) is 37.2 Å². The second-order valence-electron chi connectivity index (χ2n) is 4.60. The van der Waals surface area contributed by atoms with Gasteiger partial charge in [0, 0.05) is 13.1 Å². The van der Waals surface area contributed by atoms with Gasteiger partial charge in [-0.15, -0.1) is 0 Å². The number of para-hydroxylation sites is 1. The zero-order chi connectivity index (χ0) is 13.8. The lowest BCUT2D eigenvalue weighted by molar-refractivity contribution is -0.143. The summed E-state index contributed by atoms with van der Waals surface area (Å²) in [4.78, 5) is 24.9. The van der Waals surface area contributed by atoms with E-state index in [1.165, 1.54) is 7.11 Å². The standard InChI is InChI=1S/C14H17NO4/c1-19-12-5-3-2-4-11(12)13(16)15-8-6-10(7-9-15)14(17)18/h2-5,10H,6-9H2,1H3,(H,17,18). The largest absolute Gasteiger partial charge is 0.496 e. The number of benzene rings is 1. The number of amides is 1. The highest BCUT2D eigenvalue weighted by Crippen LogP contribution is 2.23. The second kappa shape index (κ2) is 5.73. The number of carboxylic acids is 1. The Morgan fingerprint density at radius 3 is 2.47 bits per heavy atom. The Kier molecular flexibility index (Phi) is 4.04. The molecule has 0 aromatic heterocycles. The molecule has 19 heavy (non-hydrogen) atoms. The van der Waals surface area contributed by atoms with Crippen LogP contribution in [0.1, 0.15) is 23.2 Å². The highest BCUT2D eigenvalue weighted by atomic mass is 16.5. The lowest BCUT2D eigenvalue weighted by Gasteiger charge is -2.30. The van der Waals surface area contributed by atoms with Crippen LogP contribution in [0, 0.1) is 5.92 Å². The molecule has 0 spiro atoms. The first-order chi connectivity index (χ1) is 9.13. The third-order valence-electron chi connectivity index (χ3n) is 3.47. The van der Waals surface area contributed by atoms with Gasteiger partial charge in [0.05, 0.1) is 18.6 Å². The molecule has 102 valence electrons. The number of carbonyl (C=O) groups is 2. The minimum atomic E-state index is -0.774. The molecule has 5 heteroatoms. The molecule has 0 unspecified atom stereocenters. The quantitative estimate of drug-likeness (QED) is 0.900. The van der Waals surface area contributed by atoms with Gasteiger partial charge < -0.3 is 14.7 Å². The van der Waals surface area contributed by atoms with Crippen molar-refractivity contribution in [1.82, 2.24) is 4.90 Å². The molecule has 1 aliphatic rings. The predicted molar refractivity (Wildman–Crippen MR) is 69.3 cm³/mol. The zero-order valence-electron chi connectivity index (χ0n) is 10.8. The van der Waals surface area contributed by atoms with Crippen LogP contribution >= 0.6 is 0 Å².